The molecule has 6 heteroatoms. The highest BCUT2D eigenvalue weighted by atomic mass is 16.5. The zero-order chi connectivity index (χ0) is 20.1. The van der Waals surface area contributed by atoms with Crippen molar-refractivity contribution in [2.45, 2.75) is 12.8 Å². The number of para-hydroxylation sites is 2. The molecule has 2 heterocycles. The molecule has 1 unspecified atom stereocenters. The number of nitrogens with one attached hydrogen (secondary N) is 1. The summed E-state index contributed by atoms with van der Waals surface area (Å²) >= 11 is 0. The van der Waals surface area contributed by atoms with Gasteiger partial charge in [-0.3, -0.25) is 9.59 Å². The molecule has 0 aliphatic carbocycles. The largest absolute Gasteiger partial charge is 0.378 e. The van der Waals surface area contributed by atoms with Crippen LogP contribution >= 0.6 is 0 Å². The first kappa shape index (κ1) is 19.5. The van der Waals surface area contributed by atoms with Gasteiger partial charge in [0.25, 0.3) is 0 Å². The summed E-state index contributed by atoms with van der Waals surface area (Å²) in [6.45, 7) is 4.00. The lowest BCUT2D eigenvalue weighted by atomic mass is 10.1. The number of morpholine rings is 1. The average molecular weight is 393 g/mol. The predicted octanol–water partition coefficient (Wildman–Crippen LogP) is 2.23. The molecule has 2 aromatic rings. The van der Waals surface area contributed by atoms with E-state index in [9.17, 15) is 9.59 Å². The zero-order valence-corrected chi connectivity index (χ0v) is 16.5. The summed E-state index contributed by atoms with van der Waals surface area (Å²) < 4.78 is 5.45. The van der Waals surface area contributed by atoms with Crippen LogP contribution in [0, 0.1) is 5.92 Å². The van der Waals surface area contributed by atoms with Crippen LogP contribution in [-0.4, -0.2) is 51.2 Å². The minimum Gasteiger partial charge on any atom is -0.378 e. The molecule has 1 atom stereocenters. The van der Waals surface area contributed by atoms with Crippen LogP contribution in [0.25, 0.3) is 0 Å². The van der Waals surface area contributed by atoms with Crippen LogP contribution in [0.4, 0.5) is 11.4 Å². The SMILES string of the molecule is O=C(NCCc1ccccc1)C1CC(=O)N(c2ccccc2N2CCOCC2)C1. The lowest BCUT2D eigenvalue weighted by Gasteiger charge is -2.32. The summed E-state index contributed by atoms with van der Waals surface area (Å²) in [5, 5.41) is 3.00. The van der Waals surface area contributed by atoms with Gasteiger partial charge in [-0.15, -0.1) is 0 Å². The number of benzene rings is 2. The molecule has 1 N–H and O–H groups in total. The molecule has 29 heavy (non-hydrogen) atoms. The molecule has 0 radical (unpaired) electrons. The Morgan fingerprint density at radius 1 is 1.00 bits per heavy atom. The lowest BCUT2D eigenvalue weighted by Crippen LogP contribution is -2.38. The number of hydrogen-bond donors (Lipinski definition) is 1. The second-order valence-electron chi connectivity index (χ2n) is 7.52. The smallest absolute Gasteiger partial charge is 0.227 e. The van der Waals surface area contributed by atoms with Crippen LogP contribution in [0.15, 0.2) is 54.6 Å². The second-order valence-corrected chi connectivity index (χ2v) is 7.52. The second kappa shape index (κ2) is 9.09. The van der Waals surface area contributed by atoms with Gasteiger partial charge in [0, 0.05) is 32.6 Å². The fourth-order valence-corrected chi connectivity index (χ4v) is 4.00. The Hall–Kier alpha value is -2.86. The third-order valence-electron chi connectivity index (χ3n) is 5.58. The van der Waals surface area contributed by atoms with Crippen molar-refractivity contribution in [2.24, 2.45) is 5.92 Å². The van der Waals surface area contributed by atoms with Crippen molar-refractivity contribution in [1.82, 2.24) is 5.32 Å². The highest BCUT2D eigenvalue weighted by molar-refractivity contribution is 6.02. The van der Waals surface area contributed by atoms with Crippen molar-refractivity contribution in [3.05, 3.63) is 60.2 Å². The lowest BCUT2D eigenvalue weighted by molar-refractivity contribution is -0.126. The van der Waals surface area contributed by atoms with Gasteiger partial charge in [0.05, 0.1) is 30.5 Å². The van der Waals surface area contributed by atoms with E-state index in [1.807, 2.05) is 42.5 Å². The number of amides is 2. The number of nitrogens with zero attached hydrogens (tertiary/aromatic N) is 2. The van der Waals surface area contributed by atoms with Gasteiger partial charge in [-0.25, -0.2) is 0 Å². The molecule has 152 valence electrons. The molecule has 2 fully saturated rings. The zero-order valence-electron chi connectivity index (χ0n) is 16.5. The van der Waals surface area contributed by atoms with E-state index in [0.29, 0.717) is 26.3 Å². The fraction of sp³-hybridized carbons (Fsp3) is 0.391. The van der Waals surface area contributed by atoms with Crippen LogP contribution < -0.4 is 15.1 Å². The van der Waals surface area contributed by atoms with E-state index < -0.39 is 0 Å². The Morgan fingerprint density at radius 2 is 1.69 bits per heavy atom. The standard InChI is InChI=1S/C23H27N3O3/c27-22-16-19(23(28)24-11-10-18-6-2-1-3-7-18)17-26(22)21-9-5-4-8-20(21)25-12-14-29-15-13-25/h1-9,19H,10-17H2,(H,24,28). The van der Waals surface area contributed by atoms with Crippen LogP contribution in [0.2, 0.25) is 0 Å². The molecule has 4 rings (SSSR count). The molecule has 2 aromatic carbocycles. The van der Waals surface area contributed by atoms with Gasteiger partial charge in [0.15, 0.2) is 0 Å². The fourth-order valence-electron chi connectivity index (χ4n) is 4.00. The van der Waals surface area contributed by atoms with Gasteiger partial charge in [-0.2, -0.15) is 0 Å². The Morgan fingerprint density at radius 3 is 2.45 bits per heavy atom. The van der Waals surface area contributed by atoms with Crippen molar-refractivity contribution in [1.29, 1.82) is 0 Å². The van der Waals surface area contributed by atoms with Gasteiger partial charge >= 0.3 is 0 Å². The van der Waals surface area contributed by atoms with Gasteiger partial charge < -0.3 is 19.9 Å². The van der Waals surface area contributed by atoms with E-state index in [0.717, 1.165) is 30.9 Å². The summed E-state index contributed by atoms with van der Waals surface area (Å²) in [6, 6.07) is 18.0. The average Bonchev–Trinajstić information content (AvgIpc) is 3.17. The summed E-state index contributed by atoms with van der Waals surface area (Å²) in [4.78, 5) is 29.4. The maximum atomic E-state index is 12.7. The van der Waals surface area contributed by atoms with Crippen molar-refractivity contribution < 1.29 is 14.3 Å². The monoisotopic (exact) mass is 393 g/mol. The molecule has 2 saturated heterocycles. The summed E-state index contributed by atoms with van der Waals surface area (Å²) in [5.41, 5.74) is 3.12. The van der Waals surface area contributed by atoms with Crippen molar-refractivity contribution in [2.75, 3.05) is 49.2 Å². The van der Waals surface area contributed by atoms with Gasteiger partial charge in [0.2, 0.25) is 11.8 Å². The Kier molecular flexibility index (Phi) is 6.10. The molecule has 2 aliphatic heterocycles. The quantitative estimate of drug-likeness (QED) is 0.818. The molecular formula is C23H27N3O3. The summed E-state index contributed by atoms with van der Waals surface area (Å²) in [6.07, 6.45) is 1.05. The third kappa shape index (κ3) is 4.59. The molecule has 2 aliphatic rings. The molecule has 2 amide bonds. The highest BCUT2D eigenvalue weighted by Crippen LogP contribution is 2.34. The van der Waals surface area contributed by atoms with Crippen LogP contribution in [0.5, 0.6) is 0 Å². The number of carbonyl (C=O) groups is 2. The minimum absolute atomic E-state index is 0.00826. The van der Waals surface area contributed by atoms with Crippen LogP contribution in [0.1, 0.15) is 12.0 Å². The molecule has 0 spiro atoms. The van der Waals surface area contributed by atoms with Gasteiger partial charge in [-0.1, -0.05) is 42.5 Å². The Balaban J connectivity index is 1.38. The van der Waals surface area contributed by atoms with Crippen molar-refractivity contribution in [3.63, 3.8) is 0 Å². The Labute approximate surface area is 171 Å². The van der Waals surface area contributed by atoms with E-state index in [-0.39, 0.29) is 24.2 Å². The Bertz CT molecular complexity index is 849. The molecule has 6 nitrogen and oxygen atoms in total. The van der Waals surface area contributed by atoms with Crippen molar-refractivity contribution in [3.8, 4) is 0 Å². The minimum atomic E-state index is -0.309. The molecular weight excluding hydrogens is 366 g/mol. The number of rotatable bonds is 6. The number of anilines is 2. The van der Waals surface area contributed by atoms with Gasteiger partial charge in [-0.05, 0) is 24.1 Å². The van der Waals surface area contributed by atoms with Gasteiger partial charge in [0.1, 0.15) is 0 Å². The summed E-state index contributed by atoms with van der Waals surface area (Å²) in [7, 11) is 0. The van der Waals surface area contributed by atoms with Crippen LogP contribution in [0.3, 0.4) is 0 Å². The topological polar surface area (TPSA) is 61.9 Å². The summed E-state index contributed by atoms with van der Waals surface area (Å²) in [5.74, 6) is -0.342. The van der Waals surface area contributed by atoms with E-state index >= 15 is 0 Å². The maximum absolute atomic E-state index is 12.7. The highest BCUT2D eigenvalue weighted by Gasteiger charge is 2.36. The third-order valence-corrected chi connectivity index (χ3v) is 5.58. The predicted molar refractivity (Wildman–Crippen MR) is 113 cm³/mol. The molecule has 0 bridgehead atoms. The van der Waals surface area contributed by atoms with E-state index in [2.05, 4.69) is 22.3 Å². The van der Waals surface area contributed by atoms with Crippen LogP contribution in [-0.2, 0) is 20.7 Å². The van der Waals surface area contributed by atoms with E-state index in [1.165, 1.54) is 5.56 Å². The number of carbonyl (C=O) groups excluding carboxylic acids is 2. The first-order chi connectivity index (χ1) is 14.2. The normalized spacial score (nSPS) is 19.4. The molecule has 0 aromatic heterocycles. The first-order valence-corrected chi connectivity index (χ1v) is 10.3. The van der Waals surface area contributed by atoms with E-state index in [4.69, 9.17) is 4.74 Å². The number of ether oxygens (including phenoxy) is 1. The maximum Gasteiger partial charge on any atom is 0.227 e. The first-order valence-electron chi connectivity index (χ1n) is 10.3. The molecule has 0 saturated carbocycles. The number of hydrogen-bond acceptors (Lipinski definition) is 4. The van der Waals surface area contributed by atoms with E-state index in [1.54, 1.807) is 4.90 Å². The van der Waals surface area contributed by atoms with Crippen molar-refractivity contribution >= 4 is 23.2 Å².